The van der Waals surface area contributed by atoms with Crippen LogP contribution in [0, 0.1) is 0 Å². The number of carbonyl (C=O) groups excluding carboxylic acids is 2. The van der Waals surface area contributed by atoms with Crippen LogP contribution in [0.2, 0.25) is 0 Å². The lowest BCUT2D eigenvalue weighted by Gasteiger charge is -2.15. The van der Waals surface area contributed by atoms with Crippen LogP contribution < -0.4 is 11.1 Å². The molecule has 1 heterocycles. The highest BCUT2D eigenvalue weighted by atomic mass is 32.1. The summed E-state index contributed by atoms with van der Waals surface area (Å²) in [6.45, 7) is 0. The van der Waals surface area contributed by atoms with Gasteiger partial charge in [-0.1, -0.05) is 36.4 Å². The zero-order valence-electron chi connectivity index (χ0n) is 11.6. The van der Waals surface area contributed by atoms with E-state index in [1.807, 2.05) is 29.6 Å². The lowest BCUT2D eigenvalue weighted by Crippen LogP contribution is -2.37. The predicted octanol–water partition coefficient (Wildman–Crippen LogP) is 2.41. The second-order valence-corrected chi connectivity index (χ2v) is 5.78. The van der Waals surface area contributed by atoms with Gasteiger partial charge < -0.3 is 11.1 Å². The van der Waals surface area contributed by atoms with Crippen molar-refractivity contribution < 1.29 is 9.59 Å². The molecular formula is C16H18N2O2S. The summed E-state index contributed by atoms with van der Waals surface area (Å²) < 4.78 is 0. The molecule has 0 aliphatic heterocycles. The number of thiophene rings is 1. The Balaban J connectivity index is 1.85. The molecule has 2 amide bonds. The average molecular weight is 302 g/mol. The minimum atomic E-state index is -0.763. The van der Waals surface area contributed by atoms with Crippen molar-refractivity contribution in [2.75, 3.05) is 0 Å². The number of benzene rings is 1. The van der Waals surface area contributed by atoms with Crippen LogP contribution in [0.5, 0.6) is 0 Å². The van der Waals surface area contributed by atoms with E-state index in [0.29, 0.717) is 12.0 Å². The fourth-order valence-corrected chi connectivity index (χ4v) is 2.83. The van der Waals surface area contributed by atoms with Crippen molar-refractivity contribution in [3.8, 4) is 0 Å². The summed E-state index contributed by atoms with van der Waals surface area (Å²) >= 11 is 1.68. The third-order valence-electron chi connectivity index (χ3n) is 3.13. The molecule has 0 aliphatic carbocycles. The van der Waals surface area contributed by atoms with Gasteiger partial charge in [0.15, 0.2) is 0 Å². The standard InChI is InChI=1S/C16H18N2O2S/c17-16(20)15(12-6-2-1-3-7-12)18-14(19)10-4-8-13-9-5-11-21-13/h1-3,5-7,9,11,15H,4,8,10H2,(H2,17,20)(H,18,19)/t15-/m0/s1. The predicted molar refractivity (Wildman–Crippen MR) is 83.8 cm³/mol. The van der Waals surface area contributed by atoms with Crippen molar-refractivity contribution in [1.82, 2.24) is 5.32 Å². The molecule has 2 rings (SSSR count). The van der Waals surface area contributed by atoms with Gasteiger partial charge in [-0.3, -0.25) is 9.59 Å². The van der Waals surface area contributed by atoms with Crippen molar-refractivity contribution in [3.63, 3.8) is 0 Å². The van der Waals surface area contributed by atoms with E-state index in [2.05, 4.69) is 11.4 Å². The van der Waals surface area contributed by atoms with Gasteiger partial charge >= 0.3 is 0 Å². The van der Waals surface area contributed by atoms with Gasteiger partial charge in [-0.2, -0.15) is 0 Å². The van der Waals surface area contributed by atoms with E-state index < -0.39 is 11.9 Å². The van der Waals surface area contributed by atoms with Gasteiger partial charge in [0.25, 0.3) is 0 Å². The summed E-state index contributed by atoms with van der Waals surface area (Å²) in [6, 6.07) is 12.3. The van der Waals surface area contributed by atoms with E-state index in [9.17, 15) is 9.59 Å². The van der Waals surface area contributed by atoms with Crippen LogP contribution in [-0.2, 0) is 16.0 Å². The number of hydrogen-bond donors (Lipinski definition) is 2. The second kappa shape index (κ2) is 7.59. The van der Waals surface area contributed by atoms with E-state index in [-0.39, 0.29) is 5.91 Å². The number of rotatable bonds is 7. The highest BCUT2D eigenvalue weighted by Crippen LogP contribution is 2.14. The molecule has 1 atom stereocenters. The fourth-order valence-electron chi connectivity index (χ4n) is 2.08. The highest BCUT2D eigenvalue weighted by Gasteiger charge is 2.19. The fraction of sp³-hybridized carbons (Fsp3) is 0.250. The molecule has 4 nitrogen and oxygen atoms in total. The van der Waals surface area contributed by atoms with Gasteiger partial charge in [-0.15, -0.1) is 11.3 Å². The highest BCUT2D eigenvalue weighted by molar-refractivity contribution is 7.09. The van der Waals surface area contributed by atoms with Crippen LogP contribution >= 0.6 is 11.3 Å². The number of amides is 2. The smallest absolute Gasteiger partial charge is 0.244 e. The molecule has 2 aromatic rings. The Labute approximate surface area is 128 Å². The minimum Gasteiger partial charge on any atom is -0.368 e. The van der Waals surface area contributed by atoms with Crippen LogP contribution in [-0.4, -0.2) is 11.8 Å². The summed E-state index contributed by atoms with van der Waals surface area (Å²) in [5, 5.41) is 4.72. The number of carbonyl (C=O) groups is 2. The lowest BCUT2D eigenvalue weighted by molar-refractivity contribution is -0.127. The molecule has 110 valence electrons. The van der Waals surface area contributed by atoms with Gasteiger partial charge in [-0.05, 0) is 29.9 Å². The number of hydrogen-bond acceptors (Lipinski definition) is 3. The normalized spacial score (nSPS) is 11.8. The van der Waals surface area contributed by atoms with Crippen molar-refractivity contribution in [3.05, 3.63) is 58.3 Å². The second-order valence-electron chi connectivity index (χ2n) is 4.75. The maximum absolute atomic E-state index is 11.9. The van der Waals surface area contributed by atoms with Gasteiger partial charge in [0.05, 0.1) is 0 Å². The lowest BCUT2D eigenvalue weighted by atomic mass is 10.1. The first kappa shape index (κ1) is 15.3. The maximum Gasteiger partial charge on any atom is 0.244 e. The third-order valence-corrected chi connectivity index (χ3v) is 4.07. The largest absolute Gasteiger partial charge is 0.368 e. The first-order valence-corrected chi connectivity index (χ1v) is 7.71. The van der Waals surface area contributed by atoms with Crippen molar-refractivity contribution >= 4 is 23.2 Å². The number of aryl methyl sites for hydroxylation is 1. The molecule has 1 aromatic heterocycles. The third kappa shape index (κ3) is 4.72. The summed E-state index contributed by atoms with van der Waals surface area (Å²) in [5.41, 5.74) is 6.08. The molecule has 0 saturated heterocycles. The van der Waals surface area contributed by atoms with Crippen LogP contribution in [0.4, 0.5) is 0 Å². The van der Waals surface area contributed by atoms with E-state index in [1.165, 1.54) is 4.88 Å². The Bertz CT molecular complexity index is 582. The van der Waals surface area contributed by atoms with Gasteiger partial charge in [0.2, 0.25) is 11.8 Å². The Morgan fingerprint density at radius 3 is 2.52 bits per heavy atom. The molecule has 0 bridgehead atoms. The van der Waals surface area contributed by atoms with Gasteiger partial charge in [-0.25, -0.2) is 0 Å². The topological polar surface area (TPSA) is 72.2 Å². The first-order valence-electron chi connectivity index (χ1n) is 6.83. The first-order chi connectivity index (χ1) is 10.2. The molecule has 1 aromatic carbocycles. The molecule has 21 heavy (non-hydrogen) atoms. The van der Waals surface area contributed by atoms with Crippen molar-refractivity contribution in [2.45, 2.75) is 25.3 Å². The molecule has 3 N–H and O–H groups in total. The number of nitrogens with two attached hydrogens (primary N) is 1. The van der Waals surface area contributed by atoms with Crippen molar-refractivity contribution in [1.29, 1.82) is 0 Å². The van der Waals surface area contributed by atoms with Crippen molar-refractivity contribution in [2.24, 2.45) is 5.73 Å². The molecule has 0 fully saturated rings. The Kier molecular flexibility index (Phi) is 5.51. The molecule has 0 spiro atoms. The molecule has 5 heteroatoms. The summed E-state index contributed by atoms with van der Waals surface area (Å²) in [6.07, 6.45) is 2.01. The summed E-state index contributed by atoms with van der Waals surface area (Å²) in [5.74, 6) is -0.702. The summed E-state index contributed by atoms with van der Waals surface area (Å²) in [4.78, 5) is 24.7. The molecule has 0 saturated carbocycles. The molecule has 0 aliphatic rings. The SMILES string of the molecule is NC(=O)[C@@H](NC(=O)CCCc1cccs1)c1ccccc1. The van der Waals surface area contributed by atoms with Gasteiger partial charge in [0.1, 0.15) is 6.04 Å². The molecule has 0 unspecified atom stereocenters. The number of nitrogens with one attached hydrogen (secondary N) is 1. The quantitative estimate of drug-likeness (QED) is 0.824. The van der Waals surface area contributed by atoms with E-state index in [1.54, 1.807) is 23.5 Å². The van der Waals surface area contributed by atoms with E-state index in [4.69, 9.17) is 5.73 Å². The maximum atomic E-state index is 11.9. The van der Waals surface area contributed by atoms with Crippen LogP contribution in [0.1, 0.15) is 29.3 Å². The zero-order chi connectivity index (χ0) is 15.1. The van der Waals surface area contributed by atoms with Gasteiger partial charge in [0, 0.05) is 11.3 Å². The van der Waals surface area contributed by atoms with E-state index in [0.717, 1.165) is 12.8 Å². The number of primary amides is 1. The zero-order valence-corrected chi connectivity index (χ0v) is 12.4. The molecular weight excluding hydrogens is 284 g/mol. The monoisotopic (exact) mass is 302 g/mol. The van der Waals surface area contributed by atoms with Crippen LogP contribution in [0.25, 0.3) is 0 Å². The van der Waals surface area contributed by atoms with Crippen LogP contribution in [0.3, 0.4) is 0 Å². The summed E-state index contributed by atoms with van der Waals surface area (Å²) in [7, 11) is 0. The minimum absolute atomic E-state index is 0.154. The van der Waals surface area contributed by atoms with Crippen LogP contribution in [0.15, 0.2) is 47.8 Å². The Morgan fingerprint density at radius 1 is 1.14 bits per heavy atom. The Morgan fingerprint density at radius 2 is 1.90 bits per heavy atom. The average Bonchev–Trinajstić information content (AvgIpc) is 2.98. The van der Waals surface area contributed by atoms with E-state index >= 15 is 0 Å². The Hall–Kier alpha value is -2.14. The molecule has 0 radical (unpaired) electrons.